The first-order chi connectivity index (χ1) is 20.7. The molecule has 1 heterocycles. The standard InChI is InChI=1S/C25H31N3O3.C8H8O3S/c1-3-8-21-19-9-7-10-22(29)20(19)12-13-23(21)31-16-6-4-5-15-27-25(30)18-11-14-24(26-2)28-17-18;1-2-7-5-3-4-6-8(7)12(9,10)11/h3,11-14,17H,1,4-10,15-16H2,2H3,(H,26,28)(H,27,30);2-6H,1H2,(H,9,10,11). The number of allylic oxidation sites excluding steroid dienone is 1. The number of fused-ring (bicyclic) bond motifs is 1. The maximum Gasteiger partial charge on any atom is 0.295 e. The predicted molar refractivity (Wildman–Crippen MR) is 169 cm³/mol. The Morgan fingerprint density at radius 1 is 1.07 bits per heavy atom. The van der Waals surface area contributed by atoms with Crippen LogP contribution in [0.1, 0.15) is 69.5 Å². The molecule has 4 rings (SSSR count). The zero-order chi connectivity index (χ0) is 31.2. The summed E-state index contributed by atoms with van der Waals surface area (Å²) < 4.78 is 36.2. The van der Waals surface area contributed by atoms with Crippen LogP contribution in [0.15, 0.2) is 78.9 Å². The van der Waals surface area contributed by atoms with Gasteiger partial charge in [0.15, 0.2) is 5.78 Å². The summed E-state index contributed by atoms with van der Waals surface area (Å²) in [6, 6.07) is 13.5. The topological polar surface area (TPSA) is 135 Å². The van der Waals surface area contributed by atoms with E-state index in [4.69, 9.17) is 9.29 Å². The van der Waals surface area contributed by atoms with Crippen molar-refractivity contribution in [2.24, 2.45) is 0 Å². The van der Waals surface area contributed by atoms with Crippen LogP contribution in [-0.2, 0) is 23.0 Å². The van der Waals surface area contributed by atoms with Crippen LogP contribution in [-0.4, -0.2) is 49.8 Å². The minimum Gasteiger partial charge on any atom is -0.493 e. The number of carbonyl (C=O) groups is 2. The van der Waals surface area contributed by atoms with E-state index in [2.05, 4.69) is 28.8 Å². The van der Waals surface area contributed by atoms with Gasteiger partial charge in [0.25, 0.3) is 16.0 Å². The molecule has 3 aromatic rings. The smallest absolute Gasteiger partial charge is 0.295 e. The number of amides is 1. The van der Waals surface area contributed by atoms with Gasteiger partial charge in [0, 0.05) is 37.3 Å². The molecular weight excluding hydrogens is 566 g/mol. The SMILES string of the molecule is C=CCc1c(OCCCCCNC(=O)c2ccc(NC)nc2)ccc2c1CCCC2=O.C=Cc1ccccc1S(=O)(=O)O. The molecule has 0 saturated heterocycles. The summed E-state index contributed by atoms with van der Waals surface area (Å²) in [5.74, 6) is 1.72. The van der Waals surface area contributed by atoms with Crippen LogP contribution in [0.2, 0.25) is 0 Å². The van der Waals surface area contributed by atoms with Crippen LogP contribution in [0.4, 0.5) is 5.82 Å². The van der Waals surface area contributed by atoms with Crippen molar-refractivity contribution in [2.75, 3.05) is 25.5 Å². The Balaban J connectivity index is 0.000000353. The molecule has 2 aromatic carbocycles. The number of hydrogen-bond acceptors (Lipinski definition) is 7. The highest BCUT2D eigenvalue weighted by atomic mass is 32.2. The Morgan fingerprint density at radius 2 is 1.86 bits per heavy atom. The van der Waals surface area contributed by atoms with E-state index < -0.39 is 10.1 Å². The number of carbonyl (C=O) groups excluding carboxylic acids is 2. The molecule has 0 aliphatic heterocycles. The first kappa shape index (κ1) is 33.2. The summed E-state index contributed by atoms with van der Waals surface area (Å²) in [6.45, 7) is 8.52. The molecule has 0 saturated carbocycles. The van der Waals surface area contributed by atoms with Gasteiger partial charge in [-0.15, -0.1) is 6.58 Å². The monoisotopic (exact) mass is 605 g/mol. The number of Topliss-reactive ketones (excluding diaryl/α,β-unsaturated/α-hetero) is 1. The van der Waals surface area contributed by atoms with Crippen LogP contribution in [0.5, 0.6) is 5.75 Å². The third-order valence-electron chi connectivity index (χ3n) is 6.93. The van der Waals surface area contributed by atoms with Gasteiger partial charge in [0.05, 0.1) is 12.2 Å². The fourth-order valence-corrected chi connectivity index (χ4v) is 5.43. The predicted octanol–water partition coefficient (Wildman–Crippen LogP) is 5.93. The van der Waals surface area contributed by atoms with Gasteiger partial charge >= 0.3 is 0 Å². The Morgan fingerprint density at radius 3 is 2.51 bits per heavy atom. The molecule has 228 valence electrons. The fourth-order valence-electron chi connectivity index (χ4n) is 4.73. The number of unbranched alkanes of at least 4 members (excludes halogenated alkanes) is 2. The molecule has 3 N–H and O–H groups in total. The lowest BCUT2D eigenvalue weighted by atomic mass is 9.86. The molecule has 0 fully saturated rings. The van der Waals surface area contributed by atoms with Crippen molar-refractivity contribution in [2.45, 2.75) is 49.8 Å². The van der Waals surface area contributed by atoms with Crippen molar-refractivity contribution in [1.29, 1.82) is 0 Å². The molecular formula is C33H39N3O6S. The summed E-state index contributed by atoms with van der Waals surface area (Å²) in [7, 11) is -2.33. The van der Waals surface area contributed by atoms with E-state index in [-0.39, 0.29) is 16.6 Å². The van der Waals surface area contributed by atoms with Crippen LogP contribution in [0.3, 0.4) is 0 Å². The number of ether oxygens (including phenoxy) is 1. The number of rotatable bonds is 13. The van der Waals surface area contributed by atoms with Gasteiger partial charge in [-0.2, -0.15) is 8.42 Å². The first-order valence-corrected chi connectivity index (χ1v) is 15.7. The average molecular weight is 606 g/mol. The highest BCUT2D eigenvalue weighted by molar-refractivity contribution is 7.85. The van der Waals surface area contributed by atoms with Crippen molar-refractivity contribution in [1.82, 2.24) is 10.3 Å². The first-order valence-electron chi connectivity index (χ1n) is 14.2. The molecule has 0 atom stereocenters. The maximum absolute atomic E-state index is 12.2. The highest BCUT2D eigenvalue weighted by Crippen LogP contribution is 2.32. The Kier molecular flexibility index (Phi) is 12.7. The molecule has 9 nitrogen and oxygen atoms in total. The number of benzene rings is 2. The van der Waals surface area contributed by atoms with Gasteiger partial charge in [0.2, 0.25) is 0 Å². The molecule has 1 amide bonds. The molecule has 0 radical (unpaired) electrons. The second-order valence-corrected chi connectivity index (χ2v) is 11.3. The van der Waals surface area contributed by atoms with E-state index in [0.29, 0.717) is 37.1 Å². The lowest BCUT2D eigenvalue weighted by molar-refractivity contribution is 0.0949. The van der Waals surface area contributed by atoms with Crippen LogP contribution in [0.25, 0.3) is 6.08 Å². The third-order valence-corrected chi connectivity index (χ3v) is 7.86. The van der Waals surface area contributed by atoms with Gasteiger partial charge in [-0.3, -0.25) is 14.1 Å². The maximum atomic E-state index is 12.2. The van der Waals surface area contributed by atoms with Crippen molar-refractivity contribution in [3.8, 4) is 5.75 Å². The minimum absolute atomic E-state index is 0.107. The van der Waals surface area contributed by atoms with Gasteiger partial charge < -0.3 is 15.4 Å². The number of hydrogen-bond donors (Lipinski definition) is 3. The van der Waals surface area contributed by atoms with Crippen molar-refractivity contribution < 1.29 is 27.3 Å². The second-order valence-electron chi connectivity index (χ2n) is 9.90. The van der Waals surface area contributed by atoms with E-state index in [1.165, 1.54) is 18.2 Å². The van der Waals surface area contributed by atoms with Crippen molar-refractivity contribution in [3.05, 3.63) is 102 Å². The number of nitrogens with one attached hydrogen (secondary N) is 2. The summed E-state index contributed by atoms with van der Waals surface area (Å²) in [4.78, 5) is 28.4. The molecule has 43 heavy (non-hydrogen) atoms. The average Bonchev–Trinajstić information content (AvgIpc) is 3.01. The second kappa shape index (κ2) is 16.4. The number of nitrogens with zero attached hydrogens (tertiary/aromatic N) is 1. The van der Waals surface area contributed by atoms with Gasteiger partial charge in [-0.1, -0.05) is 36.9 Å². The summed E-state index contributed by atoms with van der Waals surface area (Å²) in [5, 5.41) is 5.86. The van der Waals surface area contributed by atoms with E-state index >= 15 is 0 Å². The molecule has 1 aromatic heterocycles. The lowest BCUT2D eigenvalue weighted by Gasteiger charge is -2.21. The van der Waals surface area contributed by atoms with Crippen LogP contribution in [0, 0.1) is 0 Å². The van der Waals surface area contributed by atoms with E-state index in [0.717, 1.165) is 60.4 Å². The van der Waals surface area contributed by atoms with E-state index in [1.807, 2.05) is 18.2 Å². The molecule has 1 aliphatic rings. The van der Waals surface area contributed by atoms with Gasteiger partial charge in [0.1, 0.15) is 16.5 Å². The Hall–Kier alpha value is -4.28. The molecule has 0 bridgehead atoms. The van der Waals surface area contributed by atoms with Crippen molar-refractivity contribution >= 4 is 33.7 Å². The zero-order valence-corrected chi connectivity index (χ0v) is 25.3. The molecule has 0 unspecified atom stereocenters. The van der Waals surface area contributed by atoms with E-state index in [1.54, 1.807) is 37.5 Å². The van der Waals surface area contributed by atoms with Crippen LogP contribution < -0.4 is 15.4 Å². The molecule has 1 aliphatic carbocycles. The number of aromatic nitrogens is 1. The Bertz CT molecular complexity index is 1530. The fraction of sp³-hybridized carbons (Fsp3) is 0.303. The number of pyridine rings is 1. The normalized spacial score (nSPS) is 12.3. The Labute approximate surface area is 253 Å². The summed E-state index contributed by atoms with van der Waals surface area (Å²) in [5.41, 5.74) is 4.05. The third kappa shape index (κ3) is 9.62. The summed E-state index contributed by atoms with van der Waals surface area (Å²) >= 11 is 0. The summed E-state index contributed by atoms with van der Waals surface area (Å²) in [6.07, 6.45) is 10.7. The largest absolute Gasteiger partial charge is 0.493 e. The van der Waals surface area contributed by atoms with E-state index in [9.17, 15) is 18.0 Å². The van der Waals surface area contributed by atoms with Gasteiger partial charge in [-0.05, 0) is 80.0 Å². The lowest BCUT2D eigenvalue weighted by Crippen LogP contribution is -2.24. The minimum atomic E-state index is -4.12. The molecule has 0 spiro atoms. The highest BCUT2D eigenvalue weighted by Gasteiger charge is 2.22. The van der Waals surface area contributed by atoms with Crippen LogP contribution >= 0.6 is 0 Å². The van der Waals surface area contributed by atoms with Crippen molar-refractivity contribution in [3.63, 3.8) is 0 Å². The number of anilines is 1. The quantitative estimate of drug-likeness (QED) is 0.124. The zero-order valence-electron chi connectivity index (χ0n) is 24.5. The molecule has 10 heteroatoms. The van der Waals surface area contributed by atoms with Gasteiger partial charge in [-0.25, -0.2) is 4.98 Å². The number of ketones is 1.